The van der Waals surface area contributed by atoms with Crippen molar-refractivity contribution in [1.82, 2.24) is 5.32 Å². The van der Waals surface area contributed by atoms with Crippen LogP contribution in [-0.2, 0) is 0 Å². The van der Waals surface area contributed by atoms with Gasteiger partial charge in [0.15, 0.2) is 11.5 Å². The second kappa shape index (κ2) is 4.46. The Bertz CT molecular complexity index is 447. The molecule has 2 aliphatic heterocycles. The summed E-state index contributed by atoms with van der Waals surface area (Å²) in [5, 5.41) is 3.34. The fourth-order valence-electron chi connectivity index (χ4n) is 2.40. The molecule has 0 aliphatic carbocycles. The molecule has 1 aromatic rings. The molecule has 0 saturated carbocycles. The summed E-state index contributed by atoms with van der Waals surface area (Å²) in [5.41, 5.74) is 0.661. The normalized spacial score (nSPS) is 22.8. The highest BCUT2D eigenvalue weighted by Gasteiger charge is 2.28. The van der Waals surface area contributed by atoms with E-state index >= 15 is 0 Å². The predicted octanol–water partition coefficient (Wildman–Crippen LogP) is 3.13. The lowest BCUT2D eigenvalue weighted by Gasteiger charge is -2.25. The predicted molar refractivity (Wildman–Crippen MR) is 64.8 cm³/mol. The monoisotopic (exact) mass is 301 g/mol. The van der Waals surface area contributed by atoms with Crippen LogP contribution in [0.15, 0.2) is 10.5 Å². The Morgan fingerprint density at radius 1 is 1.35 bits per heavy atom. The van der Waals surface area contributed by atoms with Crippen molar-refractivity contribution in [3.63, 3.8) is 0 Å². The SMILES string of the molecule is Fc1cc2c(c(Br)c1C1CCCCN1)OCO2. The number of piperidine rings is 1. The van der Waals surface area contributed by atoms with E-state index < -0.39 is 0 Å². The Kier molecular flexibility index (Phi) is 2.96. The van der Waals surface area contributed by atoms with Crippen LogP contribution in [0.25, 0.3) is 0 Å². The van der Waals surface area contributed by atoms with E-state index in [4.69, 9.17) is 9.47 Å². The van der Waals surface area contributed by atoms with Gasteiger partial charge in [0, 0.05) is 17.7 Å². The fourth-order valence-corrected chi connectivity index (χ4v) is 3.18. The van der Waals surface area contributed by atoms with Gasteiger partial charge in [-0.1, -0.05) is 6.42 Å². The first-order chi connectivity index (χ1) is 8.27. The first kappa shape index (κ1) is 11.3. The number of hydrogen-bond donors (Lipinski definition) is 1. The third-order valence-electron chi connectivity index (χ3n) is 3.25. The van der Waals surface area contributed by atoms with E-state index in [9.17, 15) is 4.39 Å². The van der Waals surface area contributed by atoms with Gasteiger partial charge in [0.2, 0.25) is 6.79 Å². The first-order valence-electron chi connectivity index (χ1n) is 5.78. The van der Waals surface area contributed by atoms with Crippen molar-refractivity contribution in [2.45, 2.75) is 25.3 Å². The molecular weight excluding hydrogens is 289 g/mol. The molecule has 1 unspecified atom stereocenters. The summed E-state index contributed by atoms with van der Waals surface area (Å²) < 4.78 is 25.3. The number of halogens is 2. The van der Waals surface area contributed by atoms with Crippen molar-refractivity contribution in [2.24, 2.45) is 0 Å². The lowest BCUT2D eigenvalue weighted by atomic mass is 9.96. The zero-order valence-electron chi connectivity index (χ0n) is 9.26. The highest BCUT2D eigenvalue weighted by Crippen LogP contribution is 2.45. The first-order valence-corrected chi connectivity index (χ1v) is 6.57. The molecule has 0 amide bonds. The Hall–Kier alpha value is -0.810. The van der Waals surface area contributed by atoms with Crippen molar-refractivity contribution in [1.29, 1.82) is 0 Å². The van der Waals surface area contributed by atoms with Gasteiger partial charge >= 0.3 is 0 Å². The maximum Gasteiger partial charge on any atom is 0.231 e. The fraction of sp³-hybridized carbons (Fsp3) is 0.500. The molecule has 17 heavy (non-hydrogen) atoms. The summed E-state index contributed by atoms with van der Waals surface area (Å²) >= 11 is 3.43. The zero-order chi connectivity index (χ0) is 11.8. The van der Waals surface area contributed by atoms with E-state index in [2.05, 4.69) is 21.2 Å². The Morgan fingerprint density at radius 3 is 3.00 bits per heavy atom. The largest absolute Gasteiger partial charge is 0.453 e. The topological polar surface area (TPSA) is 30.5 Å². The quantitative estimate of drug-likeness (QED) is 0.864. The smallest absolute Gasteiger partial charge is 0.231 e. The van der Waals surface area contributed by atoms with E-state index in [1.807, 2.05) is 0 Å². The number of nitrogens with one attached hydrogen (secondary N) is 1. The number of hydrogen-bond acceptors (Lipinski definition) is 3. The second-order valence-electron chi connectivity index (χ2n) is 4.32. The maximum absolute atomic E-state index is 14.1. The second-order valence-corrected chi connectivity index (χ2v) is 5.12. The summed E-state index contributed by atoms with van der Waals surface area (Å²) in [4.78, 5) is 0. The van der Waals surface area contributed by atoms with Gasteiger partial charge in [0.25, 0.3) is 0 Å². The van der Waals surface area contributed by atoms with Crippen molar-refractivity contribution >= 4 is 15.9 Å². The molecule has 3 nitrogen and oxygen atoms in total. The van der Waals surface area contributed by atoms with Crippen LogP contribution in [0.1, 0.15) is 30.9 Å². The number of ether oxygens (including phenoxy) is 2. The minimum atomic E-state index is -0.236. The average Bonchev–Trinajstić information content (AvgIpc) is 2.78. The van der Waals surface area contributed by atoms with Gasteiger partial charge in [0.1, 0.15) is 5.82 Å². The van der Waals surface area contributed by atoms with Gasteiger partial charge in [-0.25, -0.2) is 4.39 Å². The Labute approximate surface area is 107 Å². The number of benzene rings is 1. The number of rotatable bonds is 1. The van der Waals surface area contributed by atoms with Gasteiger partial charge in [-0.15, -0.1) is 0 Å². The van der Waals surface area contributed by atoms with Gasteiger partial charge < -0.3 is 14.8 Å². The molecule has 1 N–H and O–H groups in total. The molecule has 2 heterocycles. The van der Waals surface area contributed by atoms with Crippen LogP contribution in [0.2, 0.25) is 0 Å². The van der Waals surface area contributed by atoms with E-state index in [1.54, 1.807) is 0 Å². The molecule has 0 radical (unpaired) electrons. The molecular formula is C12H13BrFNO2. The minimum absolute atomic E-state index is 0.0626. The zero-order valence-corrected chi connectivity index (χ0v) is 10.8. The summed E-state index contributed by atoms with van der Waals surface area (Å²) in [7, 11) is 0. The van der Waals surface area contributed by atoms with Crippen molar-refractivity contribution in [3.8, 4) is 11.5 Å². The molecule has 0 bridgehead atoms. The van der Waals surface area contributed by atoms with Crippen molar-refractivity contribution in [3.05, 3.63) is 21.9 Å². The molecule has 1 fully saturated rings. The van der Waals surface area contributed by atoms with Crippen molar-refractivity contribution < 1.29 is 13.9 Å². The van der Waals surface area contributed by atoms with Crippen LogP contribution in [0.5, 0.6) is 11.5 Å². The average molecular weight is 302 g/mol. The highest BCUT2D eigenvalue weighted by molar-refractivity contribution is 9.10. The van der Waals surface area contributed by atoms with Crippen molar-refractivity contribution in [2.75, 3.05) is 13.3 Å². The van der Waals surface area contributed by atoms with E-state index in [1.165, 1.54) is 6.07 Å². The summed E-state index contributed by atoms with van der Waals surface area (Å²) in [6.07, 6.45) is 3.23. The third kappa shape index (κ3) is 1.91. The Morgan fingerprint density at radius 2 is 2.24 bits per heavy atom. The van der Waals surface area contributed by atoms with Gasteiger partial charge in [-0.05, 0) is 35.3 Å². The third-order valence-corrected chi connectivity index (χ3v) is 4.04. The molecule has 1 aromatic carbocycles. The van der Waals surface area contributed by atoms with Crippen LogP contribution in [0, 0.1) is 5.82 Å². The van der Waals surface area contributed by atoms with E-state index in [-0.39, 0.29) is 18.7 Å². The highest BCUT2D eigenvalue weighted by atomic mass is 79.9. The minimum Gasteiger partial charge on any atom is -0.453 e. The van der Waals surface area contributed by atoms with E-state index in [0.29, 0.717) is 21.5 Å². The molecule has 2 aliphatic rings. The van der Waals surface area contributed by atoms with Crippen LogP contribution in [0.3, 0.4) is 0 Å². The van der Waals surface area contributed by atoms with Gasteiger partial charge in [0.05, 0.1) is 4.47 Å². The Balaban J connectivity index is 2.03. The van der Waals surface area contributed by atoms with Gasteiger partial charge in [-0.3, -0.25) is 0 Å². The van der Waals surface area contributed by atoms with E-state index in [0.717, 1.165) is 25.8 Å². The summed E-state index contributed by atoms with van der Waals surface area (Å²) in [6, 6.07) is 1.48. The van der Waals surface area contributed by atoms with Crippen LogP contribution in [-0.4, -0.2) is 13.3 Å². The molecule has 92 valence electrons. The summed E-state index contributed by atoms with van der Waals surface area (Å²) in [5.74, 6) is 0.864. The lowest BCUT2D eigenvalue weighted by Crippen LogP contribution is -2.27. The van der Waals surface area contributed by atoms with Gasteiger partial charge in [-0.2, -0.15) is 0 Å². The molecule has 0 spiro atoms. The molecule has 0 aromatic heterocycles. The standard InChI is InChI=1S/C12H13BrFNO2/c13-11-10(8-3-1-2-4-15-8)7(14)5-9-12(11)17-6-16-9/h5,8,15H,1-4,6H2. The van der Waals surface area contributed by atoms with Crippen LogP contribution >= 0.6 is 15.9 Å². The molecule has 5 heteroatoms. The molecule has 1 saturated heterocycles. The van der Waals surface area contributed by atoms with Crippen LogP contribution < -0.4 is 14.8 Å². The molecule has 1 atom stereocenters. The maximum atomic E-state index is 14.1. The molecule has 3 rings (SSSR count). The van der Waals surface area contributed by atoms with Crippen LogP contribution in [0.4, 0.5) is 4.39 Å². The lowest BCUT2D eigenvalue weighted by molar-refractivity contribution is 0.173. The number of fused-ring (bicyclic) bond motifs is 1. The summed E-state index contributed by atoms with van der Waals surface area (Å²) in [6.45, 7) is 1.10.